The number of nitrogens with zero attached hydrogens (tertiary/aromatic N) is 1. The number of carboxylic acids is 1. The van der Waals surface area contributed by atoms with Gasteiger partial charge >= 0.3 is 5.97 Å². The summed E-state index contributed by atoms with van der Waals surface area (Å²) in [5.74, 6) is -1.87. The number of sulfonamides is 1. The maximum atomic E-state index is 13.2. The third-order valence-corrected chi connectivity index (χ3v) is 5.32. The van der Waals surface area contributed by atoms with Gasteiger partial charge in [-0.1, -0.05) is 18.9 Å². The van der Waals surface area contributed by atoms with Gasteiger partial charge in [0, 0.05) is 6.04 Å². The van der Waals surface area contributed by atoms with Crippen molar-refractivity contribution in [2.75, 3.05) is 6.54 Å². The first-order chi connectivity index (χ1) is 9.41. The highest BCUT2D eigenvalue weighted by Crippen LogP contribution is 2.28. The summed E-state index contributed by atoms with van der Waals surface area (Å²) in [6.45, 7) is -0.594. The summed E-state index contributed by atoms with van der Waals surface area (Å²) in [6.07, 6.45) is 3.03. The zero-order valence-electron chi connectivity index (χ0n) is 10.8. The summed E-state index contributed by atoms with van der Waals surface area (Å²) in [6, 6.07) is 4.33. The Kier molecular flexibility index (Phi) is 4.39. The van der Waals surface area contributed by atoms with Crippen molar-refractivity contribution in [1.82, 2.24) is 4.31 Å². The molecule has 0 bridgehead atoms. The van der Waals surface area contributed by atoms with Gasteiger partial charge in [-0.05, 0) is 31.0 Å². The van der Waals surface area contributed by atoms with E-state index < -0.39 is 28.4 Å². The second kappa shape index (κ2) is 5.88. The normalized spacial score (nSPS) is 16.7. The van der Waals surface area contributed by atoms with Gasteiger partial charge < -0.3 is 5.11 Å². The molecule has 20 heavy (non-hydrogen) atoms. The molecule has 1 saturated carbocycles. The van der Waals surface area contributed by atoms with Crippen molar-refractivity contribution in [3.63, 3.8) is 0 Å². The van der Waals surface area contributed by atoms with E-state index >= 15 is 0 Å². The van der Waals surface area contributed by atoms with Gasteiger partial charge in [0.15, 0.2) is 0 Å². The number of benzene rings is 1. The molecule has 1 aromatic carbocycles. The molecule has 2 rings (SSSR count). The van der Waals surface area contributed by atoms with Gasteiger partial charge in [-0.2, -0.15) is 4.31 Å². The predicted octanol–water partition coefficient (Wildman–Crippen LogP) is 1.84. The quantitative estimate of drug-likeness (QED) is 0.900. The first-order valence-corrected chi connectivity index (χ1v) is 7.84. The van der Waals surface area contributed by atoms with E-state index in [9.17, 15) is 17.6 Å². The molecule has 7 heteroatoms. The van der Waals surface area contributed by atoms with Crippen LogP contribution in [-0.2, 0) is 14.8 Å². The number of carbonyl (C=O) groups is 1. The zero-order valence-corrected chi connectivity index (χ0v) is 11.6. The summed E-state index contributed by atoms with van der Waals surface area (Å²) in [4.78, 5) is 10.7. The zero-order chi connectivity index (χ0) is 14.8. The van der Waals surface area contributed by atoms with Crippen molar-refractivity contribution in [3.8, 4) is 0 Å². The Morgan fingerprint density at radius 1 is 1.35 bits per heavy atom. The van der Waals surface area contributed by atoms with E-state index in [-0.39, 0.29) is 10.9 Å². The van der Waals surface area contributed by atoms with Gasteiger partial charge in [-0.25, -0.2) is 12.8 Å². The van der Waals surface area contributed by atoms with Gasteiger partial charge in [0.1, 0.15) is 12.4 Å². The second-order valence-electron chi connectivity index (χ2n) is 4.84. The monoisotopic (exact) mass is 301 g/mol. The number of carboxylic acid groups (broad SMARTS) is 1. The van der Waals surface area contributed by atoms with Gasteiger partial charge in [-0.15, -0.1) is 0 Å². The molecule has 1 fully saturated rings. The third-order valence-electron chi connectivity index (χ3n) is 3.43. The molecule has 0 unspecified atom stereocenters. The number of rotatable bonds is 5. The van der Waals surface area contributed by atoms with Crippen LogP contribution >= 0.6 is 0 Å². The summed E-state index contributed by atoms with van der Waals surface area (Å²) in [5.41, 5.74) is 0. The SMILES string of the molecule is O=C(O)CN(C1CCCC1)S(=O)(=O)c1cccc(F)c1. The standard InChI is InChI=1S/C13H16FNO4S/c14-10-4-3-7-12(8-10)20(18,19)15(9-13(16)17)11-5-1-2-6-11/h3-4,7-8,11H,1-2,5-6,9H2,(H,16,17). The minimum atomic E-state index is -3.99. The highest BCUT2D eigenvalue weighted by molar-refractivity contribution is 7.89. The lowest BCUT2D eigenvalue weighted by atomic mass is 10.2. The van der Waals surface area contributed by atoms with Gasteiger partial charge in [0.25, 0.3) is 0 Å². The molecule has 0 atom stereocenters. The molecular weight excluding hydrogens is 285 g/mol. The number of hydrogen-bond acceptors (Lipinski definition) is 3. The van der Waals surface area contributed by atoms with Crippen molar-refractivity contribution in [2.45, 2.75) is 36.6 Å². The fourth-order valence-electron chi connectivity index (χ4n) is 2.50. The molecule has 1 aliphatic rings. The van der Waals surface area contributed by atoms with Gasteiger partial charge in [-0.3, -0.25) is 4.79 Å². The molecule has 5 nitrogen and oxygen atoms in total. The Labute approximate surface area is 117 Å². The summed E-state index contributed by atoms with van der Waals surface area (Å²) in [7, 11) is -3.99. The fourth-order valence-corrected chi connectivity index (χ4v) is 4.17. The van der Waals surface area contributed by atoms with E-state index in [0.717, 1.165) is 29.3 Å². The molecule has 0 aromatic heterocycles. The summed E-state index contributed by atoms with van der Waals surface area (Å²) in [5, 5.41) is 8.93. The lowest BCUT2D eigenvalue weighted by Gasteiger charge is -2.26. The molecule has 0 amide bonds. The van der Waals surface area contributed by atoms with E-state index in [2.05, 4.69) is 0 Å². The predicted molar refractivity (Wildman–Crippen MR) is 70.2 cm³/mol. The molecule has 0 spiro atoms. The largest absolute Gasteiger partial charge is 0.480 e. The van der Waals surface area contributed by atoms with Crippen LogP contribution in [0.15, 0.2) is 29.2 Å². The minimum Gasteiger partial charge on any atom is -0.480 e. The van der Waals surface area contributed by atoms with Crippen molar-refractivity contribution in [3.05, 3.63) is 30.1 Å². The average molecular weight is 301 g/mol. The fraction of sp³-hybridized carbons (Fsp3) is 0.462. The highest BCUT2D eigenvalue weighted by Gasteiger charge is 2.34. The van der Waals surface area contributed by atoms with E-state index in [1.54, 1.807) is 0 Å². The topological polar surface area (TPSA) is 74.7 Å². The number of hydrogen-bond donors (Lipinski definition) is 1. The minimum absolute atomic E-state index is 0.203. The van der Waals surface area contributed by atoms with Gasteiger partial charge in [0.2, 0.25) is 10.0 Å². The molecule has 0 heterocycles. The molecule has 110 valence electrons. The molecule has 1 N–H and O–H groups in total. The number of aliphatic carboxylic acids is 1. The Bertz CT molecular complexity index is 596. The van der Waals surface area contributed by atoms with Crippen molar-refractivity contribution in [1.29, 1.82) is 0 Å². The van der Waals surface area contributed by atoms with E-state index in [0.29, 0.717) is 12.8 Å². The van der Waals surface area contributed by atoms with Crippen LogP contribution < -0.4 is 0 Å². The maximum absolute atomic E-state index is 13.2. The van der Waals surface area contributed by atoms with Crippen molar-refractivity contribution in [2.24, 2.45) is 0 Å². The van der Waals surface area contributed by atoms with Crippen LogP contribution in [0, 0.1) is 5.82 Å². The Balaban J connectivity index is 2.37. The molecular formula is C13H16FNO4S. The summed E-state index contributed by atoms with van der Waals surface area (Å²) >= 11 is 0. The Morgan fingerprint density at radius 2 is 2.00 bits per heavy atom. The first kappa shape index (κ1) is 14.9. The van der Waals surface area contributed by atoms with Crippen LogP contribution in [0.3, 0.4) is 0 Å². The lowest BCUT2D eigenvalue weighted by Crippen LogP contribution is -2.42. The Hall–Kier alpha value is -1.47. The van der Waals surface area contributed by atoms with Crippen LogP contribution in [0.1, 0.15) is 25.7 Å². The van der Waals surface area contributed by atoms with E-state index in [1.165, 1.54) is 12.1 Å². The molecule has 0 radical (unpaired) electrons. The first-order valence-electron chi connectivity index (χ1n) is 6.40. The summed E-state index contributed by atoms with van der Waals surface area (Å²) < 4.78 is 39.2. The smallest absolute Gasteiger partial charge is 0.318 e. The third kappa shape index (κ3) is 3.16. The van der Waals surface area contributed by atoms with Crippen molar-refractivity contribution < 1.29 is 22.7 Å². The van der Waals surface area contributed by atoms with Crippen LogP contribution in [0.4, 0.5) is 4.39 Å². The van der Waals surface area contributed by atoms with Crippen LogP contribution in [-0.4, -0.2) is 36.4 Å². The molecule has 0 aliphatic heterocycles. The maximum Gasteiger partial charge on any atom is 0.318 e. The van der Waals surface area contributed by atoms with E-state index in [1.807, 2.05) is 0 Å². The molecule has 0 saturated heterocycles. The highest BCUT2D eigenvalue weighted by atomic mass is 32.2. The average Bonchev–Trinajstić information content (AvgIpc) is 2.89. The lowest BCUT2D eigenvalue weighted by molar-refractivity contribution is -0.137. The Morgan fingerprint density at radius 3 is 2.55 bits per heavy atom. The van der Waals surface area contributed by atoms with Crippen LogP contribution in [0.25, 0.3) is 0 Å². The van der Waals surface area contributed by atoms with E-state index in [4.69, 9.17) is 5.11 Å². The van der Waals surface area contributed by atoms with Gasteiger partial charge in [0.05, 0.1) is 4.90 Å². The molecule has 1 aliphatic carbocycles. The second-order valence-corrected chi connectivity index (χ2v) is 6.73. The number of halogens is 1. The van der Waals surface area contributed by atoms with Crippen LogP contribution in [0.2, 0.25) is 0 Å². The van der Waals surface area contributed by atoms with Crippen molar-refractivity contribution >= 4 is 16.0 Å². The molecule has 1 aromatic rings. The van der Waals surface area contributed by atoms with Crippen LogP contribution in [0.5, 0.6) is 0 Å².